The van der Waals surface area contributed by atoms with Gasteiger partial charge in [-0.25, -0.2) is 0 Å². The highest BCUT2D eigenvalue weighted by atomic mass is 16.5. The molecule has 1 rings (SSSR count). The van der Waals surface area contributed by atoms with E-state index in [0.717, 1.165) is 5.56 Å². The zero-order valence-corrected chi connectivity index (χ0v) is 13.5. The lowest BCUT2D eigenvalue weighted by Gasteiger charge is -2.14. The Kier molecular flexibility index (Phi) is 6.85. The molecule has 0 unspecified atom stereocenters. The largest absolute Gasteiger partial charge is 0.493 e. The maximum Gasteiger partial charge on any atom is 0.220 e. The smallest absolute Gasteiger partial charge is 0.220 e. The molecule has 0 atom stereocenters. The van der Waals surface area contributed by atoms with Crippen LogP contribution in [0.5, 0.6) is 17.2 Å². The number of amides is 1. The summed E-state index contributed by atoms with van der Waals surface area (Å²) in [5, 5.41) is 2.91. The van der Waals surface area contributed by atoms with Gasteiger partial charge < -0.3 is 19.5 Å². The molecule has 0 aromatic heterocycles. The number of hydrogen-bond donors (Lipinski definition) is 1. The molecule has 0 aliphatic heterocycles. The molecule has 0 aliphatic carbocycles. The quantitative estimate of drug-likeness (QED) is 0.800. The van der Waals surface area contributed by atoms with Crippen LogP contribution in [0.1, 0.15) is 25.8 Å². The normalized spacial score (nSPS) is 10.4. The molecule has 1 aromatic rings. The number of ether oxygens (including phenoxy) is 3. The molecular weight excluding hydrogens is 270 g/mol. The van der Waals surface area contributed by atoms with Crippen molar-refractivity contribution in [1.82, 2.24) is 5.32 Å². The van der Waals surface area contributed by atoms with E-state index in [9.17, 15) is 4.79 Å². The van der Waals surface area contributed by atoms with Gasteiger partial charge in [0.05, 0.1) is 21.3 Å². The molecule has 0 spiro atoms. The second-order valence-electron chi connectivity index (χ2n) is 5.23. The average molecular weight is 295 g/mol. The number of nitrogens with one attached hydrogen (secondary N) is 1. The zero-order chi connectivity index (χ0) is 15.8. The van der Waals surface area contributed by atoms with Gasteiger partial charge in [-0.2, -0.15) is 0 Å². The highest BCUT2D eigenvalue weighted by Gasteiger charge is 2.13. The Morgan fingerprint density at radius 2 is 1.67 bits per heavy atom. The third-order valence-corrected chi connectivity index (χ3v) is 3.05. The van der Waals surface area contributed by atoms with E-state index in [1.54, 1.807) is 21.3 Å². The molecule has 0 saturated heterocycles. The van der Waals surface area contributed by atoms with Crippen molar-refractivity contribution in [3.8, 4) is 17.2 Å². The number of hydrogen-bond acceptors (Lipinski definition) is 4. The van der Waals surface area contributed by atoms with Crippen molar-refractivity contribution < 1.29 is 19.0 Å². The van der Waals surface area contributed by atoms with Crippen molar-refractivity contribution in [3.63, 3.8) is 0 Å². The van der Waals surface area contributed by atoms with Gasteiger partial charge in [0.1, 0.15) is 0 Å². The summed E-state index contributed by atoms with van der Waals surface area (Å²) in [6, 6.07) is 3.80. The lowest BCUT2D eigenvalue weighted by Crippen LogP contribution is -2.26. The lowest BCUT2D eigenvalue weighted by molar-refractivity contribution is -0.121. The SMILES string of the molecule is COc1cc(CCNC(=O)CC(C)C)cc(OC)c1OC. The molecular formula is C16H25NO4. The maximum absolute atomic E-state index is 11.6. The van der Waals surface area contributed by atoms with Gasteiger partial charge in [0.15, 0.2) is 11.5 Å². The van der Waals surface area contributed by atoms with E-state index in [-0.39, 0.29) is 5.91 Å². The van der Waals surface area contributed by atoms with Crippen LogP contribution in [0.2, 0.25) is 0 Å². The van der Waals surface area contributed by atoms with Crippen LogP contribution in [0.3, 0.4) is 0 Å². The maximum atomic E-state index is 11.6. The van der Waals surface area contributed by atoms with Crippen molar-refractivity contribution in [3.05, 3.63) is 17.7 Å². The minimum atomic E-state index is 0.0810. The summed E-state index contributed by atoms with van der Waals surface area (Å²) in [4.78, 5) is 11.6. The molecule has 1 amide bonds. The molecule has 1 N–H and O–H groups in total. The number of rotatable bonds is 8. The van der Waals surface area contributed by atoms with Gasteiger partial charge in [0.2, 0.25) is 11.7 Å². The van der Waals surface area contributed by atoms with Crippen molar-refractivity contribution in [2.24, 2.45) is 5.92 Å². The fourth-order valence-corrected chi connectivity index (χ4v) is 2.07. The molecule has 0 bridgehead atoms. The number of carbonyl (C=O) groups is 1. The number of benzene rings is 1. The van der Waals surface area contributed by atoms with Crippen LogP contribution in [0.4, 0.5) is 0 Å². The van der Waals surface area contributed by atoms with E-state index in [0.29, 0.717) is 42.6 Å². The third-order valence-electron chi connectivity index (χ3n) is 3.05. The van der Waals surface area contributed by atoms with Crippen LogP contribution in [-0.4, -0.2) is 33.8 Å². The predicted molar refractivity (Wildman–Crippen MR) is 82.3 cm³/mol. The van der Waals surface area contributed by atoms with Crippen molar-refractivity contribution in [1.29, 1.82) is 0 Å². The topological polar surface area (TPSA) is 56.8 Å². The number of methoxy groups -OCH3 is 3. The second kappa shape index (κ2) is 8.39. The van der Waals surface area contributed by atoms with Crippen LogP contribution < -0.4 is 19.5 Å². The Morgan fingerprint density at radius 1 is 1.10 bits per heavy atom. The summed E-state index contributed by atoms with van der Waals surface area (Å²) in [5.74, 6) is 2.27. The Balaban J connectivity index is 2.69. The Bertz CT molecular complexity index is 446. The van der Waals surface area contributed by atoms with Crippen molar-refractivity contribution in [2.45, 2.75) is 26.7 Å². The van der Waals surface area contributed by atoms with Crippen LogP contribution in [0, 0.1) is 5.92 Å². The first-order chi connectivity index (χ1) is 10.0. The minimum Gasteiger partial charge on any atom is -0.493 e. The summed E-state index contributed by atoms with van der Waals surface area (Å²) < 4.78 is 15.9. The van der Waals surface area contributed by atoms with E-state index in [2.05, 4.69) is 5.32 Å². The summed E-state index contributed by atoms with van der Waals surface area (Å²) >= 11 is 0. The molecule has 5 nitrogen and oxygen atoms in total. The second-order valence-corrected chi connectivity index (χ2v) is 5.23. The number of carbonyl (C=O) groups excluding carboxylic acids is 1. The van der Waals surface area contributed by atoms with Crippen LogP contribution >= 0.6 is 0 Å². The molecule has 0 radical (unpaired) electrons. The molecule has 1 aromatic carbocycles. The highest BCUT2D eigenvalue weighted by molar-refractivity contribution is 5.76. The van der Waals surface area contributed by atoms with E-state index >= 15 is 0 Å². The Labute approximate surface area is 126 Å². The van der Waals surface area contributed by atoms with E-state index in [1.165, 1.54) is 0 Å². The van der Waals surface area contributed by atoms with E-state index in [1.807, 2.05) is 26.0 Å². The summed E-state index contributed by atoms with van der Waals surface area (Å²) in [5.41, 5.74) is 1.02. The predicted octanol–water partition coefficient (Wildman–Crippen LogP) is 2.42. The molecule has 0 fully saturated rings. The van der Waals surface area contributed by atoms with Gasteiger partial charge >= 0.3 is 0 Å². The van der Waals surface area contributed by atoms with Crippen LogP contribution in [-0.2, 0) is 11.2 Å². The van der Waals surface area contributed by atoms with Gasteiger partial charge in [0.25, 0.3) is 0 Å². The first kappa shape index (κ1) is 17.1. The summed E-state index contributed by atoms with van der Waals surface area (Å²) in [7, 11) is 4.75. The van der Waals surface area contributed by atoms with Gasteiger partial charge in [-0.3, -0.25) is 4.79 Å². The van der Waals surface area contributed by atoms with Crippen molar-refractivity contribution in [2.75, 3.05) is 27.9 Å². The summed E-state index contributed by atoms with van der Waals surface area (Å²) in [6.07, 6.45) is 1.26. The summed E-state index contributed by atoms with van der Waals surface area (Å²) in [6.45, 7) is 4.64. The first-order valence-corrected chi connectivity index (χ1v) is 7.07. The molecule has 0 saturated carbocycles. The zero-order valence-electron chi connectivity index (χ0n) is 13.5. The van der Waals surface area contributed by atoms with Gasteiger partial charge in [-0.05, 0) is 30.0 Å². The molecule has 5 heteroatoms. The fraction of sp³-hybridized carbons (Fsp3) is 0.562. The van der Waals surface area contributed by atoms with Gasteiger partial charge in [-0.1, -0.05) is 13.8 Å². The monoisotopic (exact) mass is 295 g/mol. The fourth-order valence-electron chi connectivity index (χ4n) is 2.07. The third kappa shape index (κ3) is 5.17. The van der Waals surface area contributed by atoms with E-state index < -0.39 is 0 Å². The first-order valence-electron chi connectivity index (χ1n) is 7.07. The lowest BCUT2D eigenvalue weighted by atomic mass is 10.1. The van der Waals surface area contributed by atoms with Crippen LogP contribution in [0.15, 0.2) is 12.1 Å². The molecule has 118 valence electrons. The van der Waals surface area contributed by atoms with Gasteiger partial charge in [-0.15, -0.1) is 0 Å². The average Bonchev–Trinajstić information content (AvgIpc) is 2.45. The van der Waals surface area contributed by atoms with Gasteiger partial charge in [0, 0.05) is 13.0 Å². The minimum absolute atomic E-state index is 0.0810. The van der Waals surface area contributed by atoms with Crippen molar-refractivity contribution >= 4 is 5.91 Å². The molecule has 0 aliphatic rings. The highest BCUT2D eigenvalue weighted by Crippen LogP contribution is 2.38. The Morgan fingerprint density at radius 3 is 2.10 bits per heavy atom. The molecule has 21 heavy (non-hydrogen) atoms. The van der Waals surface area contributed by atoms with E-state index in [4.69, 9.17) is 14.2 Å². The molecule has 0 heterocycles. The van der Waals surface area contributed by atoms with Crippen LogP contribution in [0.25, 0.3) is 0 Å². The standard InChI is InChI=1S/C16H25NO4/c1-11(2)8-15(18)17-7-6-12-9-13(19-3)16(21-5)14(10-12)20-4/h9-11H,6-8H2,1-5H3,(H,17,18). The Hall–Kier alpha value is -1.91.